The average molecular weight is 319 g/mol. The highest BCUT2D eigenvalue weighted by molar-refractivity contribution is 6.31. The molecule has 1 amide bonds. The van der Waals surface area contributed by atoms with E-state index >= 15 is 0 Å². The molecule has 0 bridgehead atoms. The van der Waals surface area contributed by atoms with Crippen LogP contribution in [-0.2, 0) is 6.54 Å². The van der Waals surface area contributed by atoms with E-state index in [0.29, 0.717) is 23.2 Å². The number of aryl methyl sites for hydroxylation is 1. The monoisotopic (exact) mass is 318 g/mol. The molecule has 0 fully saturated rings. The van der Waals surface area contributed by atoms with Gasteiger partial charge in [0.25, 0.3) is 5.91 Å². The molecule has 0 radical (unpaired) electrons. The number of halogens is 1. The van der Waals surface area contributed by atoms with Gasteiger partial charge in [0.15, 0.2) is 0 Å². The maximum atomic E-state index is 12.0. The molecule has 2 aromatic rings. The number of rotatable bonds is 5. The number of nitrogens with zero attached hydrogens (tertiary/aromatic N) is 2. The van der Waals surface area contributed by atoms with Crippen LogP contribution in [0.1, 0.15) is 35.6 Å². The third-order valence-corrected chi connectivity index (χ3v) is 3.27. The van der Waals surface area contributed by atoms with Crippen LogP contribution in [0.25, 0.3) is 0 Å². The standard InChI is InChI=1S/C16H19ClN4O/c1-10(2)19-15(22)14-8-11(3)20-16(21-14)18-9-12-6-4-5-7-13(12)17/h4-8,10H,9H2,1-3H3,(H,19,22)(H,18,20,21). The van der Waals surface area contributed by atoms with Crippen molar-refractivity contribution in [2.75, 3.05) is 5.32 Å². The number of carbonyl (C=O) groups is 1. The predicted molar refractivity (Wildman–Crippen MR) is 88.1 cm³/mol. The lowest BCUT2D eigenvalue weighted by Gasteiger charge is -2.11. The van der Waals surface area contributed by atoms with Crippen molar-refractivity contribution in [1.82, 2.24) is 15.3 Å². The predicted octanol–water partition coefficient (Wildman–Crippen LogP) is 3.19. The molecule has 2 rings (SSSR count). The smallest absolute Gasteiger partial charge is 0.270 e. The number of carbonyl (C=O) groups excluding carboxylic acids is 1. The lowest BCUT2D eigenvalue weighted by Crippen LogP contribution is -2.31. The third-order valence-electron chi connectivity index (χ3n) is 2.90. The fraction of sp³-hybridized carbons (Fsp3) is 0.312. The molecule has 0 unspecified atom stereocenters. The van der Waals surface area contributed by atoms with Gasteiger partial charge in [0, 0.05) is 23.3 Å². The number of nitrogens with one attached hydrogen (secondary N) is 2. The summed E-state index contributed by atoms with van der Waals surface area (Å²) in [6.45, 7) is 6.13. The first kappa shape index (κ1) is 16.2. The van der Waals surface area contributed by atoms with Crippen molar-refractivity contribution in [3.05, 3.63) is 52.3 Å². The summed E-state index contributed by atoms with van der Waals surface area (Å²) in [6.07, 6.45) is 0. The van der Waals surface area contributed by atoms with Gasteiger partial charge in [-0.1, -0.05) is 29.8 Å². The first-order chi connectivity index (χ1) is 10.5. The topological polar surface area (TPSA) is 66.9 Å². The summed E-state index contributed by atoms with van der Waals surface area (Å²) >= 11 is 6.12. The van der Waals surface area contributed by atoms with E-state index in [1.807, 2.05) is 45.0 Å². The van der Waals surface area contributed by atoms with Crippen LogP contribution in [-0.4, -0.2) is 21.9 Å². The Morgan fingerprint density at radius 1 is 1.27 bits per heavy atom. The largest absolute Gasteiger partial charge is 0.350 e. The Labute approximate surface area is 135 Å². The minimum absolute atomic E-state index is 0.0577. The molecular formula is C16H19ClN4O. The summed E-state index contributed by atoms with van der Waals surface area (Å²) in [7, 11) is 0. The zero-order valence-corrected chi connectivity index (χ0v) is 13.6. The molecule has 0 spiro atoms. The highest BCUT2D eigenvalue weighted by atomic mass is 35.5. The zero-order chi connectivity index (χ0) is 16.1. The Morgan fingerprint density at radius 3 is 2.68 bits per heavy atom. The SMILES string of the molecule is Cc1cc(C(=O)NC(C)C)nc(NCc2ccccc2Cl)n1. The Morgan fingerprint density at radius 2 is 2.00 bits per heavy atom. The number of hydrogen-bond donors (Lipinski definition) is 2. The van der Waals surface area contributed by atoms with Crippen molar-refractivity contribution in [2.24, 2.45) is 0 Å². The molecule has 5 nitrogen and oxygen atoms in total. The average Bonchev–Trinajstić information content (AvgIpc) is 2.45. The molecule has 22 heavy (non-hydrogen) atoms. The summed E-state index contributed by atoms with van der Waals surface area (Å²) in [5.74, 6) is 0.204. The molecule has 0 atom stereocenters. The van der Waals surface area contributed by atoms with E-state index in [-0.39, 0.29) is 11.9 Å². The zero-order valence-electron chi connectivity index (χ0n) is 12.9. The van der Waals surface area contributed by atoms with Crippen molar-refractivity contribution in [3.63, 3.8) is 0 Å². The number of amides is 1. The molecule has 1 aromatic heterocycles. The van der Waals surface area contributed by atoms with E-state index < -0.39 is 0 Å². The van der Waals surface area contributed by atoms with E-state index in [0.717, 1.165) is 11.3 Å². The fourth-order valence-corrected chi connectivity index (χ4v) is 2.12. The maximum Gasteiger partial charge on any atom is 0.270 e. The molecule has 0 saturated heterocycles. The van der Waals surface area contributed by atoms with E-state index in [4.69, 9.17) is 11.6 Å². The molecule has 0 aliphatic heterocycles. The fourth-order valence-electron chi connectivity index (χ4n) is 1.92. The summed E-state index contributed by atoms with van der Waals surface area (Å²) in [5, 5.41) is 6.60. The molecule has 1 heterocycles. The second kappa shape index (κ2) is 7.22. The Hall–Kier alpha value is -2.14. The van der Waals surface area contributed by atoms with E-state index in [9.17, 15) is 4.79 Å². The molecule has 116 valence electrons. The van der Waals surface area contributed by atoms with Crippen LogP contribution in [0, 0.1) is 6.92 Å². The molecule has 0 aliphatic rings. The molecule has 2 N–H and O–H groups in total. The van der Waals surface area contributed by atoms with Crippen LogP contribution in [0.5, 0.6) is 0 Å². The normalized spacial score (nSPS) is 10.6. The van der Waals surface area contributed by atoms with Crippen LogP contribution in [0.15, 0.2) is 30.3 Å². The van der Waals surface area contributed by atoms with E-state index in [1.165, 1.54) is 0 Å². The van der Waals surface area contributed by atoms with Gasteiger partial charge in [0.2, 0.25) is 5.95 Å². The Kier molecular flexibility index (Phi) is 5.33. The Balaban J connectivity index is 2.13. The maximum absolute atomic E-state index is 12.0. The molecular weight excluding hydrogens is 300 g/mol. The minimum atomic E-state index is -0.207. The number of hydrogen-bond acceptors (Lipinski definition) is 4. The van der Waals surface area contributed by atoms with Crippen LogP contribution in [0.2, 0.25) is 5.02 Å². The van der Waals surface area contributed by atoms with Crippen LogP contribution >= 0.6 is 11.6 Å². The second-order valence-corrected chi connectivity index (χ2v) is 5.70. The third kappa shape index (κ3) is 4.43. The van der Waals surface area contributed by atoms with Gasteiger partial charge in [-0.25, -0.2) is 9.97 Å². The van der Waals surface area contributed by atoms with Gasteiger partial charge >= 0.3 is 0 Å². The molecule has 6 heteroatoms. The minimum Gasteiger partial charge on any atom is -0.350 e. The lowest BCUT2D eigenvalue weighted by molar-refractivity contribution is 0.0938. The number of benzene rings is 1. The molecule has 1 aromatic carbocycles. The van der Waals surface area contributed by atoms with Crippen molar-refractivity contribution in [1.29, 1.82) is 0 Å². The lowest BCUT2D eigenvalue weighted by atomic mass is 10.2. The van der Waals surface area contributed by atoms with Gasteiger partial charge in [-0.3, -0.25) is 4.79 Å². The molecule has 0 aliphatic carbocycles. The van der Waals surface area contributed by atoms with Crippen molar-refractivity contribution in [3.8, 4) is 0 Å². The summed E-state index contributed by atoms with van der Waals surface area (Å²) in [5.41, 5.74) is 2.02. The van der Waals surface area contributed by atoms with Gasteiger partial charge in [-0.15, -0.1) is 0 Å². The van der Waals surface area contributed by atoms with Gasteiger partial charge < -0.3 is 10.6 Å². The van der Waals surface area contributed by atoms with Crippen molar-refractivity contribution < 1.29 is 4.79 Å². The van der Waals surface area contributed by atoms with E-state index in [2.05, 4.69) is 20.6 Å². The number of aromatic nitrogens is 2. The first-order valence-electron chi connectivity index (χ1n) is 7.09. The van der Waals surface area contributed by atoms with Gasteiger partial charge in [-0.2, -0.15) is 0 Å². The summed E-state index contributed by atoms with van der Waals surface area (Å²) < 4.78 is 0. The van der Waals surface area contributed by atoms with Crippen LogP contribution < -0.4 is 10.6 Å². The second-order valence-electron chi connectivity index (χ2n) is 5.29. The van der Waals surface area contributed by atoms with E-state index in [1.54, 1.807) is 6.07 Å². The first-order valence-corrected chi connectivity index (χ1v) is 7.47. The van der Waals surface area contributed by atoms with Crippen LogP contribution in [0.3, 0.4) is 0 Å². The van der Waals surface area contributed by atoms with Crippen LogP contribution in [0.4, 0.5) is 5.95 Å². The summed E-state index contributed by atoms with van der Waals surface area (Å²) in [6, 6.07) is 9.28. The summed E-state index contributed by atoms with van der Waals surface area (Å²) in [4.78, 5) is 20.6. The van der Waals surface area contributed by atoms with Crippen molar-refractivity contribution >= 4 is 23.5 Å². The molecule has 0 saturated carbocycles. The quantitative estimate of drug-likeness (QED) is 0.888. The van der Waals surface area contributed by atoms with Gasteiger partial charge in [0.05, 0.1) is 0 Å². The van der Waals surface area contributed by atoms with Gasteiger partial charge in [-0.05, 0) is 38.5 Å². The highest BCUT2D eigenvalue weighted by Crippen LogP contribution is 2.16. The number of anilines is 1. The highest BCUT2D eigenvalue weighted by Gasteiger charge is 2.11. The van der Waals surface area contributed by atoms with Crippen molar-refractivity contribution in [2.45, 2.75) is 33.4 Å². The van der Waals surface area contributed by atoms with Gasteiger partial charge in [0.1, 0.15) is 5.69 Å². The Bertz CT molecular complexity index is 673.